The average molecular weight is 434 g/mol. The van der Waals surface area contributed by atoms with Crippen molar-refractivity contribution in [2.24, 2.45) is 0 Å². The molecule has 174 valence electrons. The van der Waals surface area contributed by atoms with E-state index in [-0.39, 0.29) is 19.1 Å². The second kappa shape index (κ2) is 24.0. The van der Waals surface area contributed by atoms with Crippen molar-refractivity contribution < 1.29 is 18.9 Å². The Bertz CT molecular complexity index is 345. The molecule has 2 N–H and O–H groups in total. The highest BCUT2D eigenvalue weighted by Gasteiger charge is 2.09. The number of carbonyl (C=O) groups excluding carboxylic acids is 1. The first-order valence-corrected chi connectivity index (χ1v) is 12.9. The van der Waals surface area contributed by atoms with Gasteiger partial charge in [-0.1, -0.05) is 103 Å². The molecule has 0 spiro atoms. The van der Waals surface area contributed by atoms with Crippen LogP contribution in [0.2, 0.25) is 0 Å². The molecular weight excluding hydrogens is 386 g/mol. The van der Waals surface area contributed by atoms with Crippen LogP contribution in [0.5, 0.6) is 0 Å². The van der Waals surface area contributed by atoms with Gasteiger partial charge in [0.2, 0.25) is 5.91 Å². The van der Waals surface area contributed by atoms with Crippen molar-refractivity contribution in [1.29, 1.82) is 0 Å². The van der Waals surface area contributed by atoms with Crippen LogP contribution >= 0.6 is 12.0 Å². The lowest BCUT2D eigenvalue weighted by Gasteiger charge is -2.14. The van der Waals surface area contributed by atoms with E-state index in [1.165, 1.54) is 115 Å². The molecule has 0 saturated carbocycles. The Morgan fingerprint density at radius 1 is 0.828 bits per heavy atom. The molecule has 1 amide bonds. The average Bonchev–Trinajstić information content (AvgIpc) is 2.71. The third-order valence-corrected chi connectivity index (χ3v) is 5.75. The maximum Gasteiger partial charge on any atom is 0.240 e. The number of nitrogens with one attached hydrogen (secondary N) is 1. The fourth-order valence-electron chi connectivity index (χ4n) is 3.18. The van der Waals surface area contributed by atoms with Crippen molar-refractivity contribution in [2.45, 2.75) is 123 Å². The van der Waals surface area contributed by atoms with E-state index in [1.807, 2.05) is 0 Å². The van der Waals surface area contributed by atoms with Gasteiger partial charge in [-0.3, -0.25) is 9.63 Å². The molecule has 0 aliphatic heterocycles. The van der Waals surface area contributed by atoms with E-state index in [0.29, 0.717) is 0 Å². The summed E-state index contributed by atoms with van der Waals surface area (Å²) in [6.07, 6.45) is 21.5. The van der Waals surface area contributed by atoms with Crippen LogP contribution in [-0.4, -0.2) is 36.1 Å². The van der Waals surface area contributed by atoms with Crippen LogP contribution in [0.25, 0.3) is 0 Å². The summed E-state index contributed by atoms with van der Waals surface area (Å²) in [5.41, 5.74) is 2.22. The lowest BCUT2D eigenvalue weighted by atomic mass is 10.0. The van der Waals surface area contributed by atoms with Gasteiger partial charge in [0, 0.05) is 12.7 Å². The van der Waals surface area contributed by atoms with Gasteiger partial charge in [0.25, 0.3) is 0 Å². The van der Waals surface area contributed by atoms with Crippen LogP contribution in [0.3, 0.4) is 0 Å². The molecule has 0 saturated heterocycles. The molecule has 0 aromatic heterocycles. The molecule has 0 aromatic rings. The Morgan fingerprint density at radius 2 is 1.28 bits per heavy atom. The third kappa shape index (κ3) is 23.8. The summed E-state index contributed by atoms with van der Waals surface area (Å²) >= 11 is 1.41. The molecule has 0 aliphatic rings. The zero-order valence-corrected chi connectivity index (χ0v) is 19.9. The molecule has 0 aromatic carbocycles. The number of carbonyl (C=O) groups is 1. The van der Waals surface area contributed by atoms with Gasteiger partial charge >= 0.3 is 0 Å². The minimum absolute atomic E-state index is 0.181. The predicted octanol–water partition coefficient (Wildman–Crippen LogP) is 6.34. The number of hydroxylamine groups is 1. The van der Waals surface area contributed by atoms with Gasteiger partial charge in [0.1, 0.15) is 6.10 Å². The van der Waals surface area contributed by atoms with E-state index in [4.69, 9.17) is 14.1 Å². The quantitative estimate of drug-likeness (QED) is 0.112. The monoisotopic (exact) mass is 433 g/mol. The summed E-state index contributed by atoms with van der Waals surface area (Å²) in [7, 11) is 0. The van der Waals surface area contributed by atoms with E-state index in [1.54, 1.807) is 0 Å². The first-order valence-electron chi connectivity index (χ1n) is 12.0. The molecule has 1 unspecified atom stereocenters. The minimum Gasteiger partial charge on any atom is -0.393 e. The van der Waals surface area contributed by atoms with E-state index >= 15 is 0 Å². The first-order chi connectivity index (χ1) is 14.2. The van der Waals surface area contributed by atoms with Crippen LogP contribution < -0.4 is 5.48 Å². The maximum atomic E-state index is 10.8. The zero-order valence-electron chi connectivity index (χ0n) is 19.1. The topological polar surface area (TPSA) is 67.8 Å². The highest BCUT2D eigenvalue weighted by Crippen LogP contribution is 2.14. The Labute approximate surface area is 184 Å². The highest BCUT2D eigenvalue weighted by molar-refractivity contribution is 7.94. The molecular formula is C23H47NO4S. The zero-order chi connectivity index (χ0) is 21.4. The molecule has 0 aliphatic carbocycles. The fraction of sp³-hybridized carbons (Fsp3) is 0.957. The smallest absolute Gasteiger partial charge is 0.240 e. The van der Waals surface area contributed by atoms with E-state index in [2.05, 4.69) is 12.4 Å². The summed E-state index contributed by atoms with van der Waals surface area (Å²) in [5.74, 6) is 0.667. The minimum atomic E-state index is -0.516. The molecule has 0 radical (unpaired) electrons. The molecule has 0 heterocycles. The van der Waals surface area contributed by atoms with E-state index < -0.39 is 6.10 Å². The van der Waals surface area contributed by atoms with Crippen LogP contribution in [0.1, 0.15) is 117 Å². The lowest BCUT2D eigenvalue weighted by Crippen LogP contribution is -2.32. The first kappa shape index (κ1) is 28.7. The standard InChI is InChI=1S/C23H47NO4S/c1-3-4-5-6-7-8-9-10-11-12-13-14-15-16-17-18-19-29-27-21-23(20-25)28-24-22(2)26/h23,25H,3-21H2,1-2H3,(H,24,26). The van der Waals surface area contributed by atoms with Crippen LogP contribution in [0.4, 0.5) is 0 Å². The second-order valence-electron chi connectivity index (χ2n) is 7.99. The summed E-state index contributed by atoms with van der Waals surface area (Å²) in [4.78, 5) is 15.8. The Balaban J connectivity index is 3.15. The number of unbranched alkanes of at least 4 members (excludes halogenated alkanes) is 15. The normalized spacial score (nSPS) is 12.2. The van der Waals surface area contributed by atoms with Gasteiger partial charge < -0.3 is 9.29 Å². The summed E-state index contributed by atoms with van der Waals surface area (Å²) < 4.78 is 5.42. The number of rotatable bonds is 23. The van der Waals surface area contributed by atoms with Gasteiger partial charge in [-0.25, -0.2) is 5.48 Å². The van der Waals surface area contributed by atoms with Crippen molar-refractivity contribution >= 4 is 17.9 Å². The summed E-state index contributed by atoms with van der Waals surface area (Å²) in [5, 5.41) is 9.12. The lowest BCUT2D eigenvalue weighted by molar-refractivity contribution is -0.140. The Morgan fingerprint density at radius 3 is 1.69 bits per heavy atom. The van der Waals surface area contributed by atoms with Gasteiger partial charge in [-0.15, -0.1) is 0 Å². The highest BCUT2D eigenvalue weighted by atomic mass is 32.2. The number of hydrogen-bond donors (Lipinski definition) is 2. The van der Waals surface area contributed by atoms with Crippen molar-refractivity contribution in [1.82, 2.24) is 5.48 Å². The predicted molar refractivity (Wildman–Crippen MR) is 124 cm³/mol. The maximum absolute atomic E-state index is 10.8. The van der Waals surface area contributed by atoms with E-state index in [0.717, 1.165) is 12.2 Å². The molecule has 6 heteroatoms. The van der Waals surface area contributed by atoms with Crippen molar-refractivity contribution in [3.05, 3.63) is 0 Å². The van der Waals surface area contributed by atoms with Crippen molar-refractivity contribution in [3.63, 3.8) is 0 Å². The SMILES string of the molecule is CCCCCCCCCCCCCCCCCCSOCC(CO)ONC(C)=O. The molecule has 0 bridgehead atoms. The van der Waals surface area contributed by atoms with Gasteiger partial charge in [-0.2, -0.15) is 0 Å². The number of aliphatic hydroxyl groups excluding tert-OH is 1. The number of hydrogen-bond acceptors (Lipinski definition) is 5. The van der Waals surface area contributed by atoms with E-state index in [9.17, 15) is 4.79 Å². The van der Waals surface area contributed by atoms with Gasteiger partial charge in [-0.05, 0) is 18.5 Å². The largest absolute Gasteiger partial charge is 0.393 e. The van der Waals surface area contributed by atoms with Crippen molar-refractivity contribution in [2.75, 3.05) is 19.0 Å². The molecule has 0 rings (SSSR count). The fourth-order valence-corrected chi connectivity index (χ4v) is 3.87. The van der Waals surface area contributed by atoms with Gasteiger partial charge in [0.05, 0.1) is 13.2 Å². The summed E-state index contributed by atoms with van der Waals surface area (Å²) in [6, 6.07) is 0. The van der Waals surface area contributed by atoms with Crippen LogP contribution in [0, 0.1) is 0 Å². The number of aliphatic hydroxyl groups is 1. The summed E-state index contributed by atoms with van der Waals surface area (Å²) in [6.45, 7) is 3.72. The second-order valence-corrected chi connectivity index (χ2v) is 8.87. The molecule has 5 nitrogen and oxygen atoms in total. The van der Waals surface area contributed by atoms with Crippen molar-refractivity contribution in [3.8, 4) is 0 Å². The van der Waals surface area contributed by atoms with Gasteiger partial charge in [0.15, 0.2) is 0 Å². The number of amides is 1. The molecule has 29 heavy (non-hydrogen) atoms. The molecule has 1 atom stereocenters. The van der Waals surface area contributed by atoms with Crippen LogP contribution in [0.15, 0.2) is 0 Å². The third-order valence-electron chi connectivity index (χ3n) is 4.99. The van der Waals surface area contributed by atoms with Crippen LogP contribution in [-0.2, 0) is 13.8 Å². The molecule has 0 fully saturated rings. The Hall–Kier alpha value is -0.300. The Kier molecular flexibility index (Phi) is 23.7.